The van der Waals surface area contributed by atoms with Crippen molar-refractivity contribution in [2.45, 2.75) is 171 Å². The van der Waals surface area contributed by atoms with Gasteiger partial charge in [0.15, 0.2) is 17.9 Å². The number of nitrogens with two attached hydrogens (primary N) is 8. The van der Waals surface area contributed by atoms with Gasteiger partial charge >= 0.3 is 11.9 Å². The molecule has 0 bridgehead atoms. The van der Waals surface area contributed by atoms with Gasteiger partial charge < -0.3 is 109 Å². The quantitative estimate of drug-likeness (QED) is 0.0168. The van der Waals surface area contributed by atoms with Crippen molar-refractivity contribution in [3.63, 3.8) is 0 Å². The van der Waals surface area contributed by atoms with Gasteiger partial charge in [0.1, 0.15) is 60.1 Å². The Labute approximate surface area is 565 Å². The summed E-state index contributed by atoms with van der Waals surface area (Å²) < 4.78 is 0. The average Bonchev–Trinajstić information content (AvgIpc) is 1.80. The molecule has 27 N–H and O–H groups in total. The lowest BCUT2D eigenvalue weighted by Gasteiger charge is -2.32. The van der Waals surface area contributed by atoms with Crippen molar-refractivity contribution < 1.29 is 72.9 Å². The van der Waals surface area contributed by atoms with E-state index in [9.17, 15) is 72.9 Å². The van der Waals surface area contributed by atoms with Gasteiger partial charge in [-0.2, -0.15) is 11.8 Å². The summed E-state index contributed by atoms with van der Waals surface area (Å²) in [7, 11) is 0. The molecule has 0 unspecified atom stereocenters. The summed E-state index contributed by atoms with van der Waals surface area (Å²) in [6.45, 7) is 3.71. The Morgan fingerprint density at radius 3 is 1.47 bits per heavy atom. The number of guanidine groups is 3. The van der Waals surface area contributed by atoms with E-state index >= 15 is 0 Å². The van der Waals surface area contributed by atoms with Crippen molar-refractivity contribution in [2.75, 3.05) is 38.2 Å². The Balaban J connectivity index is 1.95. The number of benzene rings is 2. The molecule has 10 amide bonds. The van der Waals surface area contributed by atoms with Crippen LogP contribution in [0.25, 0.3) is 0 Å². The van der Waals surface area contributed by atoms with Gasteiger partial charge in [0, 0.05) is 45.4 Å². The fourth-order valence-corrected chi connectivity index (χ4v) is 10.6. The number of nitrogens with one attached hydrogen (secondary N) is 8. The summed E-state index contributed by atoms with van der Waals surface area (Å²) in [5.41, 5.74) is 45.5. The zero-order chi connectivity index (χ0) is 72.3. The van der Waals surface area contributed by atoms with Crippen molar-refractivity contribution in [3.8, 4) is 5.75 Å². The predicted octanol–water partition coefficient (Wildman–Crippen LogP) is -4.84. The van der Waals surface area contributed by atoms with Gasteiger partial charge in [-0.3, -0.25) is 67.7 Å². The number of likely N-dealkylation sites (tertiary alicyclic amines) is 1. The highest BCUT2D eigenvalue weighted by molar-refractivity contribution is 7.98. The van der Waals surface area contributed by atoms with Gasteiger partial charge in [0.25, 0.3) is 0 Å². The minimum Gasteiger partial charge on any atom is -0.508 e. The summed E-state index contributed by atoms with van der Waals surface area (Å²) in [6, 6.07) is -0.424. The summed E-state index contributed by atoms with van der Waals surface area (Å²) in [4.78, 5) is 178. The molecule has 536 valence electrons. The molecule has 1 saturated heterocycles. The molecule has 0 saturated carbocycles. The Morgan fingerprint density at radius 2 is 0.969 bits per heavy atom. The molecule has 10 atom stereocenters. The smallest absolute Gasteiger partial charge is 0.326 e. The molecule has 1 aliphatic heterocycles. The van der Waals surface area contributed by atoms with Gasteiger partial charge in [-0.25, -0.2) is 4.79 Å². The van der Waals surface area contributed by atoms with Crippen molar-refractivity contribution in [1.29, 1.82) is 0 Å². The molecule has 3 rings (SSSR count). The number of phenolic OH excluding ortho intramolecular Hbond substituents is 1. The number of thioether (sulfide) groups is 1. The fraction of sp³-hybridized carbons (Fsp3) is 0.557. The first-order chi connectivity index (χ1) is 45.9. The second kappa shape index (κ2) is 42.4. The molecule has 0 aliphatic carbocycles. The van der Waals surface area contributed by atoms with Crippen LogP contribution in [0.15, 0.2) is 69.6 Å². The first-order valence-corrected chi connectivity index (χ1v) is 33.0. The molecule has 0 aromatic heterocycles. The minimum absolute atomic E-state index is 0.00198. The van der Waals surface area contributed by atoms with Crippen LogP contribution in [0, 0.1) is 5.92 Å². The largest absolute Gasteiger partial charge is 0.508 e. The highest BCUT2D eigenvalue weighted by Gasteiger charge is 2.41. The van der Waals surface area contributed by atoms with Crippen molar-refractivity contribution in [3.05, 3.63) is 65.7 Å². The van der Waals surface area contributed by atoms with Crippen molar-refractivity contribution in [1.82, 2.24) is 47.4 Å². The maximum absolute atomic E-state index is 14.8. The van der Waals surface area contributed by atoms with E-state index in [0.717, 1.165) is 0 Å². The van der Waals surface area contributed by atoms with Gasteiger partial charge in [0.2, 0.25) is 59.1 Å². The number of amides is 10. The maximum atomic E-state index is 14.8. The van der Waals surface area contributed by atoms with Crippen LogP contribution >= 0.6 is 11.8 Å². The van der Waals surface area contributed by atoms with Gasteiger partial charge in [0.05, 0.1) is 12.5 Å². The number of rotatable bonds is 44. The molecule has 1 fully saturated rings. The number of hydrogen-bond acceptors (Lipinski definition) is 18. The highest BCUT2D eigenvalue weighted by Crippen LogP contribution is 2.22. The normalized spacial score (nSPS) is 15.3. The number of aliphatic imine (C=N–C) groups is 3. The average molecular weight is 1380 g/mol. The lowest BCUT2D eigenvalue weighted by atomic mass is 10.0. The zero-order valence-corrected chi connectivity index (χ0v) is 55.6. The number of aromatic hydroxyl groups is 1. The number of carbonyl (C=O) groups is 12. The summed E-state index contributed by atoms with van der Waals surface area (Å²) in [6.07, 6.45) is 0.122. The molecule has 0 radical (unpaired) electrons. The van der Waals surface area contributed by atoms with E-state index in [1.807, 2.05) is 0 Å². The Kier molecular flexibility index (Phi) is 35.5. The predicted molar refractivity (Wildman–Crippen MR) is 361 cm³/mol. The molecule has 35 nitrogen and oxygen atoms in total. The van der Waals surface area contributed by atoms with Gasteiger partial charge in [-0.15, -0.1) is 0 Å². The molecule has 1 aliphatic rings. The lowest BCUT2D eigenvalue weighted by Crippen LogP contribution is -2.61. The number of hydrogen-bond donors (Lipinski definition) is 19. The first-order valence-electron chi connectivity index (χ1n) is 31.6. The SMILES string of the molecule is CSCC[C@H](NC(=O)[C@H](Cc1ccccc1)NC(=O)[C@H](CCCN=C(N)N)NC(=O)[C@@H]1CCCN1C(=O)[C@H](CC(C)C)NC(=O)[C@H](CCC(=O)O)NC(=O)[C@H](CCCN=C(N)N)NC(=O)[C@@H](N)CCCN=C(N)N)C(=O)N[C@@H](CC(N)=O)C(=O)N[C@@H](Cc1ccc(O)cc1)C(=O)O. The molecule has 0 spiro atoms. The van der Waals surface area contributed by atoms with E-state index in [2.05, 4.69) is 57.5 Å². The summed E-state index contributed by atoms with van der Waals surface area (Å²) >= 11 is 1.30. The third-order valence-electron chi connectivity index (χ3n) is 15.1. The molecular formula is C61H96N20O15S. The molecule has 2 aromatic carbocycles. The number of carboxylic acid groups (broad SMARTS) is 2. The second-order valence-electron chi connectivity index (χ2n) is 23.5. The Hall–Kier alpha value is -10.0. The second-order valence-corrected chi connectivity index (χ2v) is 24.5. The molecule has 1 heterocycles. The highest BCUT2D eigenvalue weighted by atomic mass is 32.2. The molecule has 36 heteroatoms. The summed E-state index contributed by atoms with van der Waals surface area (Å²) in [5, 5.41) is 50.0. The van der Waals surface area contributed by atoms with E-state index in [4.69, 9.17) is 45.9 Å². The van der Waals surface area contributed by atoms with Crippen LogP contribution in [-0.4, -0.2) is 208 Å². The van der Waals surface area contributed by atoms with E-state index in [0.29, 0.717) is 17.5 Å². The van der Waals surface area contributed by atoms with Crippen LogP contribution in [0.1, 0.15) is 108 Å². The topological polar surface area (TPSA) is 610 Å². The van der Waals surface area contributed by atoms with Gasteiger partial charge in [-0.1, -0.05) is 56.3 Å². The van der Waals surface area contributed by atoms with Crippen LogP contribution in [0.3, 0.4) is 0 Å². The molecule has 2 aromatic rings. The number of carboxylic acids is 2. The third-order valence-corrected chi connectivity index (χ3v) is 15.7. The Morgan fingerprint density at radius 1 is 0.536 bits per heavy atom. The maximum Gasteiger partial charge on any atom is 0.326 e. The molecular weight excluding hydrogens is 1280 g/mol. The van der Waals surface area contributed by atoms with E-state index in [1.54, 1.807) is 50.4 Å². The van der Waals surface area contributed by atoms with Crippen LogP contribution in [0.4, 0.5) is 0 Å². The Bertz CT molecular complexity index is 3080. The van der Waals surface area contributed by atoms with E-state index < -0.39 is 151 Å². The fourth-order valence-electron chi connectivity index (χ4n) is 10.2. The number of primary amides is 1. The van der Waals surface area contributed by atoms with Crippen LogP contribution in [0.2, 0.25) is 0 Å². The minimum atomic E-state index is -1.73. The van der Waals surface area contributed by atoms with Crippen molar-refractivity contribution >= 4 is 101 Å². The van der Waals surface area contributed by atoms with Crippen LogP contribution in [-0.2, 0) is 70.4 Å². The van der Waals surface area contributed by atoms with Gasteiger partial charge in [-0.05, 0) is 112 Å². The number of nitrogens with zero attached hydrogens (tertiary/aromatic N) is 4. The number of aliphatic carboxylic acids is 2. The number of phenols is 1. The number of carbonyl (C=O) groups excluding carboxylic acids is 10. The van der Waals surface area contributed by atoms with Crippen LogP contribution in [0.5, 0.6) is 5.75 Å². The van der Waals surface area contributed by atoms with Crippen LogP contribution < -0.4 is 88.4 Å². The van der Waals surface area contributed by atoms with Crippen molar-refractivity contribution in [2.24, 2.45) is 66.8 Å². The molecule has 97 heavy (non-hydrogen) atoms. The lowest BCUT2D eigenvalue weighted by molar-refractivity contribution is -0.143. The van der Waals surface area contributed by atoms with E-state index in [-0.39, 0.29) is 132 Å². The zero-order valence-electron chi connectivity index (χ0n) is 54.7. The first kappa shape index (κ1) is 81.2. The standard InChI is InChI=1S/C61H96N20O15S/c1-33(2)29-44(79-52(89)40(21-22-48(84)85)74-50(87)38(14-8-25-71-60(66)67)73-49(86)37(62)13-7-24-70-59(64)65)57(94)81-27-10-16-46(81)56(93)76-39(15-9-26-72-61(68)69)51(88)77-42(30-34-11-5-4-6-12-34)54(91)75-41(23-28-97-3)53(90)78-43(32-47(63)83)55(92)80-45(58(95)96)31-35-17-19-36(82)20-18-35/h4-6,11-12,17-20,33,37-46,82H,7-10,13-16,21-32,62H2,1-3H3,(H2,63,83)(H,73,86)(H,74,87)(H,75,91)(H,76,93)(H,77,88)(H,78,90)(H,79,89)(H,80,92)(H,84,85)(H,95,96)(H4,64,65,70)(H4,66,67,71)(H4,68,69,72)/t37-,38-,39-,40-,41-,42-,43-,44-,45-,46-/m0/s1. The monoisotopic (exact) mass is 1380 g/mol. The van der Waals surface area contributed by atoms with E-state index in [1.165, 1.54) is 40.9 Å². The summed E-state index contributed by atoms with van der Waals surface area (Å²) in [5.74, 6) is -12.6. The third kappa shape index (κ3) is 31.0.